The van der Waals surface area contributed by atoms with Gasteiger partial charge in [-0.2, -0.15) is 5.26 Å². The van der Waals surface area contributed by atoms with E-state index in [1.165, 1.54) is 18.1 Å². The molecule has 14 heteroatoms. The average molecular weight is 680 g/mol. The molecular formula is C34H38ClN5O8. The zero-order chi connectivity index (χ0) is 34.5. The van der Waals surface area contributed by atoms with Gasteiger partial charge in [0.2, 0.25) is 11.8 Å². The van der Waals surface area contributed by atoms with E-state index >= 15 is 0 Å². The predicted molar refractivity (Wildman–Crippen MR) is 172 cm³/mol. The van der Waals surface area contributed by atoms with Crippen LogP contribution in [0, 0.1) is 29.1 Å². The Morgan fingerprint density at radius 3 is 2.52 bits per heavy atom. The summed E-state index contributed by atoms with van der Waals surface area (Å²) >= 11 is 6.51. The maximum Gasteiger partial charge on any atom is 0.408 e. The summed E-state index contributed by atoms with van der Waals surface area (Å²) in [4.78, 5) is 58.7. The number of fused-ring (bicyclic) bond motifs is 2. The lowest BCUT2D eigenvalue weighted by Gasteiger charge is -2.29. The molecule has 8 atom stereocenters. The second-order valence-corrected chi connectivity index (χ2v) is 13.7. The minimum Gasteiger partial charge on any atom is -0.495 e. The van der Waals surface area contributed by atoms with E-state index in [0.717, 1.165) is 19.3 Å². The first-order valence-corrected chi connectivity index (χ1v) is 16.5. The third-order valence-corrected chi connectivity index (χ3v) is 10.5. The van der Waals surface area contributed by atoms with Crippen LogP contribution in [0.4, 0.5) is 4.79 Å². The number of halogens is 1. The minimum atomic E-state index is -1.42. The SMILES string of the molecule is C=C(C)[C@H](NC(=O)OC1C[C@@H]2C[C@@H]2C1)C(=O)N1C[C@H](Oc2cc(C#N)nc3c(Cl)c(OC)ccc23)C[C@H]1C(=O)N[C@]1(C(=O)O)C[C@H]1CC. The first-order valence-electron chi connectivity index (χ1n) is 16.1. The molecule has 254 valence electrons. The van der Waals surface area contributed by atoms with Crippen molar-refractivity contribution in [2.24, 2.45) is 17.8 Å². The van der Waals surface area contributed by atoms with E-state index in [1.807, 2.05) is 13.0 Å². The first-order chi connectivity index (χ1) is 22.9. The zero-order valence-corrected chi connectivity index (χ0v) is 27.7. The summed E-state index contributed by atoms with van der Waals surface area (Å²) in [6.07, 6.45) is 1.87. The summed E-state index contributed by atoms with van der Waals surface area (Å²) < 4.78 is 17.3. The summed E-state index contributed by atoms with van der Waals surface area (Å²) in [6, 6.07) is 4.41. The molecule has 0 radical (unpaired) electrons. The number of hydrogen-bond acceptors (Lipinski definition) is 9. The number of nitrogens with one attached hydrogen (secondary N) is 2. The lowest BCUT2D eigenvalue weighted by atomic mass is 10.1. The van der Waals surface area contributed by atoms with E-state index in [-0.39, 0.29) is 53.4 Å². The second kappa shape index (κ2) is 12.8. The van der Waals surface area contributed by atoms with Crippen LogP contribution in [0.25, 0.3) is 10.9 Å². The van der Waals surface area contributed by atoms with Crippen molar-refractivity contribution in [2.75, 3.05) is 13.7 Å². The van der Waals surface area contributed by atoms with Gasteiger partial charge in [0.1, 0.15) is 58.1 Å². The summed E-state index contributed by atoms with van der Waals surface area (Å²) in [5, 5.41) is 25.7. The molecule has 1 aliphatic heterocycles. The number of carboxylic acids is 1. The van der Waals surface area contributed by atoms with Crippen LogP contribution in [0.3, 0.4) is 0 Å². The molecule has 2 aromatic rings. The quantitative estimate of drug-likeness (QED) is 0.294. The molecule has 1 saturated heterocycles. The first kappa shape index (κ1) is 33.3. The normalized spacial score (nSPS) is 28.9. The number of pyridine rings is 1. The van der Waals surface area contributed by atoms with E-state index in [9.17, 15) is 29.5 Å². The Bertz CT molecular complexity index is 1730. The number of methoxy groups -OCH3 is 1. The second-order valence-electron chi connectivity index (χ2n) is 13.3. The highest BCUT2D eigenvalue weighted by Gasteiger charge is 2.61. The highest BCUT2D eigenvalue weighted by molar-refractivity contribution is 6.36. The summed E-state index contributed by atoms with van der Waals surface area (Å²) in [5.74, 6) is -0.853. The third kappa shape index (κ3) is 6.21. The van der Waals surface area contributed by atoms with Crippen LogP contribution in [-0.2, 0) is 19.1 Å². The van der Waals surface area contributed by atoms with Crippen molar-refractivity contribution in [3.63, 3.8) is 0 Å². The molecule has 6 rings (SSSR count). The Hall–Kier alpha value is -4.57. The minimum absolute atomic E-state index is 0.00212. The molecule has 3 amide bonds. The van der Waals surface area contributed by atoms with Crippen LogP contribution in [0.1, 0.15) is 58.1 Å². The molecule has 1 aromatic carbocycles. The Labute approximate surface area is 282 Å². The molecule has 48 heavy (non-hydrogen) atoms. The lowest BCUT2D eigenvalue weighted by molar-refractivity contribution is -0.145. The van der Waals surface area contributed by atoms with Crippen LogP contribution in [0.15, 0.2) is 30.4 Å². The van der Waals surface area contributed by atoms with Crippen molar-refractivity contribution < 1.29 is 38.5 Å². The largest absolute Gasteiger partial charge is 0.495 e. The van der Waals surface area contributed by atoms with Gasteiger partial charge in [0.05, 0.1) is 19.2 Å². The number of ether oxygens (including phenoxy) is 3. The van der Waals surface area contributed by atoms with Gasteiger partial charge in [0.25, 0.3) is 0 Å². The van der Waals surface area contributed by atoms with Crippen molar-refractivity contribution in [1.82, 2.24) is 20.5 Å². The number of alkyl carbamates (subject to hydrolysis) is 1. The maximum atomic E-state index is 14.2. The molecule has 0 spiro atoms. The number of nitrogens with zero attached hydrogens (tertiary/aromatic N) is 3. The van der Waals surface area contributed by atoms with Gasteiger partial charge in [0.15, 0.2) is 0 Å². The fourth-order valence-corrected chi connectivity index (χ4v) is 7.57. The molecule has 3 saturated carbocycles. The molecule has 13 nitrogen and oxygen atoms in total. The van der Waals surface area contributed by atoms with Gasteiger partial charge < -0.3 is 34.9 Å². The molecule has 4 fully saturated rings. The molecule has 1 unspecified atom stereocenters. The third-order valence-electron chi connectivity index (χ3n) is 10.1. The molecule has 2 heterocycles. The van der Waals surface area contributed by atoms with E-state index in [2.05, 4.69) is 22.2 Å². The number of likely N-dealkylation sites (tertiary alicyclic amines) is 1. The van der Waals surface area contributed by atoms with Crippen LogP contribution in [0.5, 0.6) is 11.5 Å². The number of carbonyl (C=O) groups is 4. The number of hydrogen-bond donors (Lipinski definition) is 3. The van der Waals surface area contributed by atoms with Crippen LogP contribution >= 0.6 is 11.6 Å². The van der Waals surface area contributed by atoms with Gasteiger partial charge >= 0.3 is 12.1 Å². The van der Waals surface area contributed by atoms with E-state index in [1.54, 1.807) is 19.1 Å². The number of amides is 3. The van der Waals surface area contributed by atoms with Crippen molar-refractivity contribution >= 4 is 46.4 Å². The predicted octanol–water partition coefficient (Wildman–Crippen LogP) is 3.96. The summed E-state index contributed by atoms with van der Waals surface area (Å²) in [5.41, 5.74) is -0.791. The molecule has 4 aliphatic rings. The van der Waals surface area contributed by atoms with Crippen LogP contribution < -0.4 is 20.1 Å². The van der Waals surface area contributed by atoms with Gasteiger partial charge in [-0.1, -0.05) is 31.5 Å². The Morgan fingerprint density at radius 2 is 1.92 bits per heavy atom. The number of carboxylic acid groups (broad SMARTS) is 1. The Kier molecular flexibility index (Phi) is 8.89. The number of nitriles is 1. The molecule has 3 aliphatic carbocycles. The molecular weight excluding hydrogens is 642 g/mol. The highest BCUT2D eigenvalue weighted by Crippen LogP contribution is 2.52. The molecule has 1 aromatic heterocycles. The van der Waals surface area contributed by atoms with Crippen LogP contribution in [0.2, 0.25) is 5.02 Å². The smallest absolute Gasteiger partial charge is 0.408 e. The maximum absolute atomic E-state index is 14.2. The fourth-order valence-electron chi connectivity index (χ4n) is 7.29. The van der Waals surface area contributed by atoms with Gasteiger partial charge in [0, 0.05) is 17.9 Å². The number of aliphatic carboxylic acids is 1. The monoisotopic (exact) mass is 679 g/mol. The van der Waals surface area contributed by atoms with Crippen molar-refractivity contribution in [2.45, 2.75) is 82.2 Å². The lowest BCUT2D eigenvalue weighted by Crippen LogP contribution is -2.56. The van der Waals surface area contributed by atoms with Gasteiger partial charge in [-0.05, 0) is 68.1 Å². The molecule has 3 N–H and O–H groups in total. The topological polar surface area (TPSA) is 180 Å². The number of benzene rings is 1. The van der Waals surface area contributed by atoms with Crippen molar-refractivity contribution in [3.8, 4) is 17.6 Å². The Morgan fingerprint density at radius 1 is 1.19 bits per heavy atom. The van der Waals surface area contributed by atoms with Crippen molar-refractivity contribution in [1.29, 1.82) is 5.26 Å². The molecule has 0 bridgehead atoms. The Balaban J connectivity index is 1.27. The zero-order valence-electron chi connectivity index (χ0n) is 27.0. The average Bonchev–Trinajstić information content (AvgIpc) is 3.87. The van der Waals surface area contributed by atoms with Gasteiger partial charge in [-0.3, -0.25) is 9.59 Å². The number of rotatable bonds is 11. The van der Waals surface area contributed by atoms with Gasteiger partial charge in [-0.25, -0.2) is 14.6 Å². The van der Waals surface area contributed by atoms with Gasteiger partial charge in [-0.15, -0.1) is 0 Å². The van der Waals surface area contributed by atoms with Crippen LogP contribution in [-0.4, -0.2) is 82.4 Å². The van der Waals surface area contributed by atoms with E-state index < -0.39 is 47.6 Å². The summed E-state index contributed by atoms with van der Waals surface area (Å²) in [6.45, 7) is 7.26. The number of aromatic nitrogens is 1. The van der Waals surface area contributed by atoms with E-state index in [4.69, 9.17) is 25.8 Å². The standard InChI is InChI=1S/C34H38ClN5O8/c1-5-19-13-34(19,32(43)44)39-30(41)24-12-22(47-26-11-20(14-36)37-29-23(26)6-7-25(46-4)27(29)35)15-40(24)31(42)28(16(2)3)38-33(45)48-21-9-17-8-18(17)10-21/h6-7,11,17-19,21-22,24,28H,2,5,8-10,12-13,15H2,1,3-4H3,(H,38,45)(H,39,41)(H,43,44)/t17-,18+,19-,21?,22-,24+,28+,34-/m1/s1. The van der Waals surface area contributed by atoms with E-state index in [0.29, 0.717) is 35.0 Å². The fraction of sp³-hybridized carbons (Fsp3) is 0.529. The number of carbonyl (C=O) groups excluding carboxylic acids is 3. The van der Waals surface area contributed by atoms with Crippen molar-refractivity contribution in [3.05, 3.63) is 41.1 Å². The highest BCUT2D eigenvalue weighted by atomic mass is 35.5. The summed E-state index contributed by atoms with van der Waals surface area (Å²) in [7, 11) is 1.45.